The summed E-state index contributed by atoms with van der Waals surface area (Å²) in [4.78, 5) is 12.8. The predicted octanol–water partition coefficient (Wildman–Crippen LogP) is 6.45. The number of carboxylic acid groups (broad SMARTS) is 1. The molecule has 6 nitrogen and oxygen atoms in total. The summed E-state index contributed by atoms with van der Waals surface area (Å²) < 4.78 is 36.5. The molecule has 3 saturated carbocycles. The second kappa shape index (κ2) is 9.60. The minimum atomic E-state index is -4.55. The van der Waals surface area contributed by atoms with Crippen LogP contribution in [0.15, 0.2) is 23.8 Å². The maximum Gasteiger partial charge on any atom is 0.397 e. The van der Waals surface area contributed by atoms with Crippen molar-refractivity contribution in [1.82, 2.24) is 0 Å². The average Bonchev–Trinajstić information content (AvgIpc) is 3.12. The minimum Gasteiger partial charge on any atom is -0.481 e. The molecule has 3 fully saturated rings. The highest BCUT2D eigenvalue weighted by Gasteiger charge is 2.62. The van der Waals surface area contributed by atoms with Gasteiger partial charge in [0.25, 0.3) is 0 Å². The summed E-state index contributed by atoms with van der Waals surface area (Å²) in [6, 6.07) is 0. The third-order valence-electron chi connectivity index (χ3n) is 10.7. The lowest BCUT2D eigenvalue weighted by Crippen LogP contribution is -2.55. The number of carbonyl (C=O) groups is 1. The van der Waals surface area contributed by atoms with Gasteiger partial charge in [-0.2, -0.15) is 8.42 Å². The SMILES string of the molecule is C=C(CC[C@@H](C)[C@H]1CC[C@H]2[C@@H]3CC=C4C[C@@H](OS(=O)(=O)O)CC[C@]4(C(=O)O)[C@H]3CC[C@]12C)C(C)C. The predicted molar refractivity (Wildman–Crippen MR) is 136 cm³/mol. The normalized spacial score (nSPS) is 39.8. The van der Waals surface area contributed by atoms with Gasteiger partial charge in [0, 0.05) is 0 Å². The van der Waals surface area contributed by atoms with Crippen LogP contribution >= 0.6 is 0 Å². The van der Waals surface area contributed by atoms with Crippen molar-refractivity contribution in [1.29, 1.82) is 0 Å². The van der Waals surface area contributed by atoms with Gasteiger partial charge in [0.2, 0.25) is 0 Å². The Kier molecular flexibility index (Phi) is 7.37. The third kappa shape index (κ3) is 4.77. The summed E-state index contributed by atoms with van der Waals surface area (Å²) in [5.41, 5.74) is 1.46. The molecule has 0 heterocycles. The Morgan fingerprint density at radius 2 is 1.89 bits per heavy atom. The second-order valence-corrected chi connectivity index (χ2v) is 13.6. The molecule has 0 radical (unpaired) electrons. The fraction of sp³-hybridized carbons (Fsp3) is 0.821. The number of rotatable bonds is 8. The van der Waals surface area contributed by atoms with Crippen molar-refractivity contribution in [3.8, 4) is 0 Å². The first-order valence-electron chi connectivity index (χ1n) is 13.6. The Balaban J connectivity index is 1.54. The molecular formula is C28H44O6S. The first-order chi connectivity index (χ1) is 16.3. The highest BCUT2D eigenvalue weighted by molar-refractivity contribution is 7.80. The van der Waals surface area contributed by atoms with Gasteiger partial charge in [-0.15, -0.1) is 0 Å². The molecule has 4 aliphatic carbocycles. The number of carboxylic acids is 1. The molecule has 0 aromatic carbocycles. The van der Waals surface area contributed by atoms with E-state index in [2.05, 4.69) is 40.3 Å². The highest BCUT2D eigenvalue weighted by atomic mass is 32.3. The topological polar surface area (TPSA) is 101 Å². The Bertz CT molecular complexity index is 983. The van der Waals surface area contributed by atoms with E-state index in [1.165, 1.54) is 24.8 Å². The van der Waals surface area contributed by atoms with Crippen molar-refractivity contribution in [2.75, 3.05) is 0 Å². The molecule has 0 amide bonds. The Morgan fingerprint density at radius 3 is 2.51 bits per heavy atom. The molecule has 0 aliphatic heterocycles. The second-order valence-electron chi connectivity index (χ2n) is 12.6. The van der Waals surface area contributed by atoms with Crippen LogP contribution < -0.4 is 0 Å². The van der Waals surface area contributed by atoms with Crippen LogP contribution in [0.3, 0.4) is 0 Å². The highest BCUT2D eigenvalue weighted by Crippen LogP contribution is 2.67. The van der Waals surface area contributed by atoms with E-state index in [0.29, 0.717) is 42.4 Å². The molecule has 0 aromatic heterocycles. The quantitative estimate of drug-likeness (QED) is 0.289. The van der Waals surface area contributed by atoms with Crippen molar-refractivity contribution in [2.45, 2.75) is 98.0 Å². The van der Waals surface area contributed by atoms with E-state index < -0.39 is 27.9 Å². The van der Waals surface area contributed by atoms with E-state index in [1.54, 1.807) is 0 Å². The molecule has 0 spiro atoms. The maximum absolute atomic E-state index is 12.8. The summed E-state index contributed by atoms with van der Waals surface area (Å²) in [7, 11) is -4.55. The summed E-state index contributed by atoms with van der Waals surface area (Å²) in [5.74, 6) is 2.02. The number of aliphatic carboxylic acids is 1. The van der Waals surface area contributed by atoms with E-state index >= 15 is 0 Å². The molecule has 198 valence electrons. The van der Waals surface area contributed by atoms with Crippen LogP contribution in [-0.2, 0) is 19.4 Å². The summed E-state index contributed by atoms with van der Waals surface area (Å²) >= 11 is 0. The van der Waals surface area contributed by atoms with Crippen molar-refractivity contribution in [3.05, 3.63) is 23.8 Å². The number of hydrogen-bond acceptors (Lipinski definition) is 4. The zero-order valence-corrected chi connectivity index (χ0v) is 22.6. The zero-order chi connectivity index (χ0) is 25.8. The van der Waals surface area contributed by atoms with Crippen LogP contribution in [-0.4, -0.2) is 30.2 Å². The van der Waals surface area contributed by atoms with E-state index in [1.807, 2.05) is 0 Å². The average molecular weight is 509 g/mol. The molecule has 2 N–H and O–H groups in total. The standard InChI is InChI=1S/C28H44O6S/c1-17(2)18(3)6-7-19(4)23-10-11-24-22-9-8-20-16-21(34-35(31,32)33)12-15-28(20,26(29)30)25(22)13-14-27(23,24)5/h8,17,19,21-25H,3,6-7,9-16H2,1-2,4-5H3,(H,29,30)(H,31,32,33)/t19-,21+,22+,23-,24+,25+,27-,28-/m1/s1. The van der Waals surface area contributed by atoms with Crippen molar-refractivity contribution >= 4 is 16.4 Å². The Morgan fingerprint density at radius 1 is 1.17 bits per heavy atom. The van der Waals surface area contributed by atoms with Gasteiger partial charge in [0.15, 0.2) is 0 Å². The van der Waals surface area contributed by atoms with E-state index in [-0.39, 0.29) is 17.8 Å². The first kappa shape index (κ1) is 26.9. The van der Waals surface area contributed by atoms with Crippen molar-refractivity contribution in [3.63, 3.8) is 0 Å². The van der Waals surface area contributed by atoms with Gasteiger partial charge < -0.3 is 5.11 Å². The van der Waals surface area contributed by atoms with Crippen LogP contribution in [0.4, 0.5) is 0 Å². The summed E-state index contributed by atoms with van der Waals surface area (Å²) in [6.07, 6.45) is 9.85. The van der Waals surface area contributed by atoms with Gasteiger partial charge in [-0.25, -0.2) is 4.18 Å². The van der Waals surface area contributed by atoms with Gasteiger partial charge in [0.1, 0.15) is 0 Å². The Hall–Kier alpha value is -1.18. The van der Waals surface area contributed by atoms with E-state index in [0.717, 1.165) is 31.3 Å². The molecule has 4 rings (SSSR count). The summed E-state index contributed by atoms with van der Waals surface area (Å²) in [5, 5.41) is 10.5. The lowest BCUT2D eigenvalue weighted by molar-refractivity contribution is -0.159. The third-order valence-corrected chi connectivity index (χ3v) is 11.2. The maximum atomic E-state index is 12.8. The van der Waals surface area contributed by atoms with Crippen LogP contribution in [0.1, 0.15) is 91.9 Å². The first-order valence-corrected chi connectivity index (χ1v) is 14.9. The molecular weight excluding hydrogens is 464 g/mol. The van der Waals surface area contributed by atoms with Gasteiger partial charge in [-0.3, -0.25) is 9.35 Å². The van der Waals surface area contributed by atoms with Crippen LogP contribution in [0.5, 0.6) is 0 Å². The lowest BCUT2D eigenvalue weighted by Gasteiger charge is -2.57. The Labute approximate surface area is 211 Å². The fourth-order valence-corrected chi connectivity index (χ4v) is 9.32. The molecule has 35 heavy (non-hydrogen) atoms. The van der Waals surface area contributed by atoms with Gasteiger partial charge >= 0.3 is 16.4 Å². The molecule has 7 heteroatoms. The molecule has 0 bridgehead atoms. The monoisotopic (exact) mass is 508 g/mol. The molecule has 0 aromatic rings. The van der Waals surface area contributed by atoms with Gasteiger partial charge in [0.05, 0.1) is 11.5 Å². The lowest BCUT2D eigenvalue weighted by atomic mass is 9.46. The summed E-state index contributed by atoms with van der Waals surface area (Å²) in [6.45, 7) is 13.6. The van der Waals surface area contributed by atoms with Gasteiger partial charge in [-0.1, -0.05) is 51.5 Å². The van der Waals surface area contributed by atoms with Crippen molar-refractivity contribution < 1.29 is 27.1 Å². The van der Waals surface area contributed by atoms with Gasteiger partial charge in [-0.05, 0) is 105 Å². The van der Waals surface area contributed by atoms with Crippen molar-refractivity contribution in [2.24, 2.45) is 46.3 Å². The zero-order valence-electron chi connectivity index (χ0n) is 21.8. The largest absolute Gasteiger partial charge is 0.481 e. The van der Waals surface area contributed by atoms with E-state index in [9.17, 15) is 18.3 Å². The minimum absolute atomic E-state index is 0.0829. The molecule has 8 atom stereocenters. The fourth-order valence-electron chi connectivity index (χ4n) is 8.81. The smallest absolute Gasteiger partial charge is 0.397 e. The van der Waals surface area contributed by atoms with Crippen LogP contribution in [0.2, 0.25) is 0 Å². The molecule has 4 aliphatic rings. The van der Waals surface area contributed by atoms with Crippen LogP contribution in [0, 0.1) is 46.3 Å². The number of hydrogen-bond donors (Lipinski definition) is 2. The molecule has 0 unspecified atom stereocenters. The van der Waals surface area contributed by atoms with Crippen LogP contribution in [0.25, 0.3) is 0 Å². The van der Waals surface area contributed by atoms with E-state index in [4.69, 9.17) is 8.74 Å². The number of allylic oxidation sites excluding steroid dienone is 2. The molecule has 0 saturated heterocycles. The number of fused-ring (bicyclic) bond motifs is 5.